The smallest absolute Gasteiger partial charge is 0.287 e. The number of rotatable bonds is 9. The van der Waals surface area contributed by atoms with Gasteiger partial charge in [0.05, 0.1) is 39.3 Å². The van der Waals surface area contributed by atoms with Gasteiger partial charge in [0.15, 0.2) is 28.1 Å². The van der Waals surface area contributed by atoms with Gasteiger partial charge in [-0.2, -0.15) is 4.31 Å². The van der Waals surface area contributed by atoms with Crippen molar-refractivity contribution in [3.8, 4) is 11.5 Å². The molecule has 0 bridgehead atoms. The lowest BCUT2D eigenvalue weighted by molar-refractivity contribution is -0.129. The van der Waals surface area contributed by atoms with E-state index in [1.165, 1.54) is 32.8 Å². The molecule has 4 rings (SSSR count). The number of sulfonamides is 1. The number of hydrogen-bond acceptors (Lipinski definition) is 9. The number of Topliss-reactive ketones (excluding diaryl/α,β-unsaturated/α-hetero) is 1. The van der Waals surface area contributed by atoms with Crippen molar-refractivity contribution in [2.75, 3.05) is 27.3 Å². The molecule has 0 saturated carbocycles. The van der Waals surface area contributed by atoms with Crippen LogP contribution in [0.15, 0.2) is 40.2 Å². The Kier molecular flexibility index (Phi) is 8.25. The second-order valence-electron chi connectivity index (χ2n) is 9.47. The van der Waals surface area contributed by atoms with Gasteiger partial charge in [0.25, 0.3) is 15.9 Å². The van der Waals surface area contributed by atoms with Gasteiger partial charge in [0, 0.05) is 18.0 Å². The fourth-order valence-electron chi connectivity index (χ4n) is 4.36. The number of nitrogens with zero attached hydrogens (tertiary/aromatic N) is 2. The van der Waals surface area contributed by atoms with Crippen molar-refractivity contribution in [2.45, 2.75) is 43.8 Å². The molecular formula is C25H31N5O8S. The minimum absolute atomic E-state index is 0.0102. The van der Waals surface area contributed by atoms with Crippen LogP contribution in [-0.4, -0.2) is 79.7 Å². The summed E-state index contributed by atoms with van der Waals surface area (Å²) < 4.78 is 42.9. The zero-order chi connectivity index (χ0) is 28.3. The summed E-state index contributed by atoms with van der Waals surface area (Å²) >= 11 is 0. The third kappa shape index (κ3) is 5.91. The van der Waals surface area contributed by atoms with Crippen molar-refractivity contribution in [2.24, 2.45) is 5.92 Å². The number of nitrogens with one attached hydrogen (secondary N) is 3. The molecule has 2 amide bonds. The summed E-state index contributed by atoms with van der Waals surface area (Å²) in [7, 11) is -0.940. The van der Waals surface area contributed by atoms with Crippen LogP contribution >= 0.6 is 0 Å². The number of aromatic nitrogens is 2. The number of methoxy groups -OCH3 is 2. The molecule has 14 heteroatoms. The molecule has 210 valence electrons. The van der Waals surface area contributed by atoms with Crippen LogP contribution in [0, 0.1) is 5.92 Å². The highest BCUT2D eigenvalue weighted by atomic mass is 32.2. The number of H-pyrrole nitrogens is 1. The van der Waals surface area contributed by atoms with E-state index >= 15 is 0 Å². The third-order valence-corrected chi connectivity index (χ3v) is 8.28. The Bertz CT molecular complexity index is 1420. The number of hydrogen-bond donors (Lipinski definition) is 3. The predicted molar refractivity (Wildman–Crippen MR) is 139 cm³/mol. The summed E-state index contributed by atoms with van der Waals surface area (Å²) in [4.78, 5) is 45.4. The topological polar surface area (TPSA) is 173 Å². The van der Waals surface area contributed by atoms with E-state index in [0.29, 0.717) is 28.9 Å². The Morgan fingerprint density at radius 2 is 1.90 bits per heavy atom. The van der Waals surface area contributed by atoms with E-state index in [0.717, 1.165) is 4.31 Å². The van der Waals surface area contributed by atoms with Crippen LogP contribution in [0.1, 0.15) is 37.2 Å². The monoisotopic (exact) mass is 561 g/mol. The number of benzene rings is 1. The van der Waals surface area contributed by atoms with Gasteiger partial charge >= 0.3 is 0 Å². The Morgan fingerprint density at radius 3 is 2.54 bits per heavy atom. The maximum absolute atomic E-state index is 13.2. The van der Waals surface area contributed by atoms with Gasteiger partial charge in [0.2, 0.25) is 5.91 Å². The predicted octanol–water partition coefficient (Wildman–Crippen LogP) is 1.47. The number of carbonyl (C=O) groups is 3. The first kappa shape index (κ1) is 28.1. The number of imidazole rings is 1. The minimum Gasteiger partial charge on any atom is -0.493 e. The van der Waals surface area contributed by atoms with Crippen molar-refractivity contribution in [3.63, 3.8) is 0 Å². The largest absolute Gasteiger partial charge is 0.493 e. The SMILES string of the molecule is COc1cc2cc(C(=O)NC(C(=O)NC3CCCN(S(=O)(=O)c4cnc[nH]4)CC3=O)C(C)C)oc2cc1OC. The van der Waals surface area contributed by atoms with Crippen LogP contribution < -0.4 is 20.1 Å². The van der Waals surface area contributed by atoms with Crippen LogP contribution in [0.4, 0.5) is 0 Å². The van der Waals surface area contributed by atoms with Gasteiger partial charge in [-0.05, 0) is 30.9 Å². The van der Waals surface area contributed by atoms with Gasteiger partial charge in [-0.25, -0.2) is 13.4 Å². The van der Waals surface area contributed by atoms with Crippen LogP contribution in [-0.2, 0) is 19.6 Å². The third-order valence-electron chi connectivity index (χ3n) is 6.51. The first-order chi connectivity index (χ1) is 18.5. The molecule has 1 aromatic carbocycles. The van der Waals surface area contributed by atoms with Gasteiger partial charge in [0.1, 0.15) is 11.6 Å². The summed E-state index contributed by atoms with van der Waals surface area (Å²) in [6.45, 7) is 3.24. The molecule has 3 N–H and O–H groups in total. The lowest BCUT2D eigenvalue weighted by atomic mass is 10.0. The van der Waals surface area contributed by atoms with Crippen molar-refractivity contribution in [1.29, 1.82) is 0 Å². The molecule has 0 radical (unpaired) electrons. The maximum Gasteiger partial charge on any atom is 0.287 e. The molecule has 2 atom stereocenters. The summed E-state index contributed by atoms with van der Waals surface area (Å²) in [6, 6.07) is 2.94. The van der Waals surface area contributed by atoms with E-state index in [4.69, 9.17) is 13.9 Å². The van der Waals surface area contributed by atoms with Crippen molar-refractivity contribution >= 4 is 38.6 Å². The number of ether oxygens (including phenoxy) is 2. The van der Waals surface area contributed by atoms with Crippen LogP contribution in [0.25, 0.3) is 11.0 Å². The molecular weight excluding hydrogens is 530 g/mol. The second-order valence-corrected chi connectivity index (χ2v) is 11.4. The molecule has 2 aromatic heterocycles. The lowest BCUT2D eigenvalue weighted by Gasteiger charge is -2.24. The summed E-state index contributed by atoms with van der Waals surface area (Å²) in [6.07, 6.45) is 3.03. The standard InChI is InChI=1S/C25H31N5O8S/c1-14(2)23(29-24(32)21-9-15-8-19(36-3)20(37-4)10-18(15)38-21)25(33)28-16-6-5-7-30(12-17(16)31)39(34,35)22-11-26-13-27-22/h8-11,13-14,16,23H,5-7,12H2,1-4H3,(H,26,27)(H,28,33)(H,29,32). The van der Waals surface area contributed by atoms with E-state index in [2.05, 4.69) is 20.6 Å². The highest BCUT2D eigenvalue weighted by Gasteiger charge is 2.35. The molecule has 2 unspecified atom stereocenters. The zero-order valence-electron chi connectivity index (χ0n) is 22.0. The van der Waals surface area contributed by atoms with Gasteiger partial charge in [-0.1, -0.05) is 13.8 Å². The summed E-state index contributed by atoms with van der Waals surface area (Å²) in [5, 5.41) is 5.89. The number of carbonyl (C=O) groups excluding carboxylic acids is 3. The van der Waals surface area contributed by atoms with Crippen molar-refractivity contribution in [3.05, 3.63) is 36.5 Å². The molecule has 0 spiro atoms. The van der Waals surface area contributed by atoms with Gasteiger partial charge in [-0.3, -0.25) is 14.4 Å². The van der Waals surface area contributed by atoms with E-state index in [9.17, 15) is 22.8 Å². The fraction of sp³-hybridized carbons (Fsp3) is 0.440. The Labute approximate surface area is 225 Å². The van der Waals surface area contributed by atoms with E-state index in [1.54, 1.807) is 26.0 Å². The number of furan rings is 1. The molecule has 1 aliphatic heterocycles. The average Bonchev–Trinajstić information content (AvgIpc) is 3.56. The van der Waals surface area contributed by atoms with Crippen molar-refractivity contribution in [1.82, 2.24) is 24.9 Å². The molecule has 1 saturated heterocycles. The Hall–Kier alpha value is -3.91. The van der Waals surface area contributed by atoms with Crippen molar-refractivity contribution < 1.29 is 36.7 Å². The van der Waals surface area contributed by atoms with Gasteiger partial charge < -0.3 is 29.5 Å². The Morgan fingerprint density at radius 1 is 1.18 bits per heavy atom. The first-order valence-electron chi connectivity index (χ1n) is 12.3. The molecule has 13 nitrogen and oxygen atoms in total. The van der Waals surface area contributed by atoms with Crippen LogP contribution in [0.5, 0.6) is 11.5 Å². The first-order valence-corrected chi connectivity index (χ1v) is 13.8. The quantitative estimate of drug-likeness (QED) is 0.350. The lowest BCUT2D eigenvalue weighted by Crippen LogP contribution is -2.54. The molecule has 3 heterocycles. The summed E-state index contributed by atoms with van der Waals surface area (Å²) in [5.41, 5.74) is 0.405. The maximum atomic E-state index is 13.2. The molecule has 3 aromatic rings. The fourth-order valence-corrected chi connectivity index (χ4v) is 5.70. The van der Waals surface area contributed by atoms with E-state index in [1.807, 2.05) is 0 Å². The zero-order valence-corrected chi connectivity index (χ0v) is 22.8. The van der Waals surface area contributed by atoms with Gasteiger partial charge in [-0.15, -0.1) is 0 Å². The highest BCUT2D eigenvalue weighted by Crippen LogP contribution is 2.33. The number of ketones is 1. The molecule has 39 heavy (non-hydrogen) atoms. The van der Waals surface area contributed by atoms with E-state index in [-0.39, 0.29) is 29.7 Å². The number of amides is 2. The Balaban J connectivity index is 1.45. The minimum atomic E-state index is -3.92. The highest BCUT2D eigenvalue weighted by molar-refractivity contribution is 7.89. The van der Waals surface area contributed by atoms with Crippen LogP contribution in [0.3, 0.4) is 0 Å². The normalized spacial score (nSPS) is 17.6. The molecule has 0 aliphatic carbocycles. The summed E-state index contributed by atoms with van der Waals surface area (Å²) in [5.74, 6) is -1.03. The number of aromatic amines is 1. The van der Waals surface area contributed by atoms with Crippen LogP contribution in [0.2, 0.25) is 0 Å². The molecule has 1 fully saturated rings. The molecule has 1 aliphatic rings. The number of fused-ring (bicyclic) bond motifs is 1. The van der Waals surface area contributed by atoms with E-state index < -0.39 is 46.2 Å². The average molecular weight is 562 g/mol. The second kappa shape index (κ2) is 11.5.